The first kappa shape index (κ1) is 15.4. The minimum Gasteiger partial charge on any atom is -0.494 e. The van der Waals surface area contributed by atoms with Crippen LogP contribution in [-0.2, 0) is 0 Å². The minimum atomic E-state index is -1.13. The molecule has 1 N–H and O–H groups in total. The lowest BCUT2D eigenvalue weighted by Crippen LogP contribution is -2.03. The summed E-state index contributed by atoms with van der Waals surface area (Å²) in [5.74, 6) is -0.715. The van der Waals surface area contributed by atoms with E-state index in [-0.39, 0.29) is 5.56 Å². The Kier molecular flexibility index (Phi) is 5.28. The van der Waals surface area contributed by atoms with Crippen LogP contribution in [0, 0.1) is 11.6 Å². The van der Waals surface area contributed by atoms with Gasteiger partial charge in [-0.15, -0.1) is 0 Å². The Morgan fingerprint density at radius 2 is 1.81 bits per heavy atom. The van der Waals surface area contributed by atoms with Gasteiger partial charge in [0.05, 0.1) is 6.61 Å². The monoisotopic (exact) mass is 292 g/mol. The van der Waals surface area contributed by atoms with E-state index in [0.717, 1.165) is 25.0 Å². The average Bonchev–Trinajstić information content (AvgIpc) is 2.48. The van der Waals surface area contributed by atoms with Crippen LogP contribution >= 0.6 is 0 Å². The van der Waals surface area contributed by atoms with Crippen molar-refractivity contribution in [2.24, 2.45) is 0 Å². The summed E-state index contributed by atoms with van der Waals surface area (Å²) in [5.41, 5.74) is 0.583. The van der Waals surface area contributed by atoms with Gasteiger partial charge in [-0.05, 0) is 30.2 Å². The quantitative estimate of drug-likeness (QED) is 0.808. The summed E-state index contributed by atoms with van der Waals surface area (Å²) in [4.78, 5) is 0. The summed E-state index contributed by atoms with van der Waals surface area (Å²) in [5, 5.41) is 10.2. The zero-order valence-corrected chi connectivity index (χ0v) is 11.9. The number of halogens is 2. The van der Waals surface area contributed by atoms with E-state index in [1.807, 2.05) is 0 Å². The Bertz CT molecular complexity index is 582. The fourth-order valence-corrected chi connectivity index (χ4v) is 1.98. The lowest BCUT2D eigenvalue weighted by Gasteiger charge is -2.13. The normalized spacial score (nSPS) is 12.2. The van der Waals surface area contributed by atoms with Gasteiger partial charge in [-0.2, -0.15) is 0 Å². The zero-order chi connectivity index (χ0) is 15.2. The number of hydrogen-bond acceptors (Lipinski definition) is 2. The molecular formula is C17H18F2O2. The average molecular weight is 292 g/mol. The summed E-state index contributed by atoms with van der Waals surface area (Å²) in [6.45, 7) is 2.73. The molecule has 1 atom stereocenters. The predicted octanol–water partition coefficient (Wildman–Crippen LogP) is 4.23. The highest BCUT2D eigenvalue weighted by Crippen LogP contribution is 2.26. The molecule has 2 rings (SSSR count). The maximum absolute atomic E-state index is 13.6. The molecule has 2 nitrogen and oxygen atoms in total. The highest BCUT2D eigenvalue weighted by atomic mass is 19.1. The van der Waals surface area contributed by atoms with E-state index < -0.39 is 17.7 Å². The van der Waals surface area contributed by atoms with Crippen LogP contribution in [0.5, 0.6) is 5.75 Å². The summed E-state index contributed by atoms with van der Waals surface area (Å²) in [6, 6.07) is 9.96. The van der Waals surface area contributed by atoms with Crippen molar-refractivity contribution in [2.45, 2.75) is 25.9 Å². The number of benzene rings is 2. The highest BCUT2D eigenvalue weighted by molar-refractivity contribution is 5.34. The fraction of sp³-hybridized carbons (Fsp3) is 0.294. The first-order valence-electron chi connectivity index (χ1n) is 6.97. The van der Waals surface area contributed by atoms with Gasteiger partial charge < -0.3 is 9.84 Å². The van der Waals surface area contributed by atoms with Gasteiger partial charge in [-0.3, -0.25) is 0 Å². The molecule has 4 heteroatoms. The number of ether oxygens (including phenoxy) is 1. The van der Waals surface area contributed by atoms with Gasteiger partial charge in [-0.25, -0.2) is 8.78 Å². The molecule has 0 radical (unpaired) electrons. The number of rotatable bonds is 6. The molecule has 21 heavy (non-hydrogen) atoms. The van der Waals surface area contributed by atoms with Crippen LogP contribution in [0.15, 0.2) is 42.5 Å². The zero-order valence-electron chi connectivity index (χ0n) is 11.9. The van der Waals surface area contributed by atoms with Crippen LogP contribution in [0.1, 0.15) is 37.0 Å². The van der Waals surface area contributed by atoms with Crippen LogP contribution < -0.4 is 4.74 Å². The van der Waals surface area contributed by atoms with Gasteiger partial charge in [0.1, 0.15) is 23.5 Å². The van der Waals surface area contributed by atoms with Crippen molar-refractivity contribution in [1.29, 1.82) is 0 Å². The molecule has 0 aliphatic heterocycles. The molecule has 0 spiro atoms. The Morgan fingerprint density at radius 1 is 1.10 bits per heavy atom. The number of hydrogen-bond donors (Lipinski definition) is 1. The van der Waals surface area contributed by atoms with Gasteiger partial charge >= 0.3 is 0 Å². The number of aliphatic hydroxyl groups is 1. The molecule has 0 aliphatic carbocycles. The molecule has 2 aromatic rings. The van der Waals surface area contributed by atoms with Crippen LogP contribution in [-0.4, -0.2) is 11.7 Å². The third kappa shape index (κ3) is 4.02. The molecule has 2 aromatic carbocycles. The van der Waals surface area contributed by atoms with Gasteiger partial charge in [0.2, 0.25) is 0 Å². The predicted molar refractivity (Wildman–Crippen MR) is 77.3 cm³/mol. The van der Waals surface area contributed by atoms with Gasteiger partial charge in [-0.1, -0.05) is 31.5 Å². The van der Waals surface area contributed by atoms with Crippen LogP contribution in [0.25, 0.3) is 0 Å². The van der Waals surface area contributed by atoms with E-state index in [2.05, 4.69) is 6.92 Å². The second-order valence-electron chi connectivity index (χ2n) is 4.84. The Balaban J connectivity index is 2.10. The standard InChI is InChI=1S/C17H18F2O2/c1-2-3-10-21-14-7-4-12(5-8-14)17(20)15-9-6-13(18)11-16(15)19/h4-9,11,17,20H,2-3,10H2,1H3. The molecular weight excluding hydrogens is 274 g/mol. The van der Waals surface area contributed by atoms with Crippen LogP contribution in [0.3, 0.4) is 0 Å². The van der Waals surface area contributed by atoms with Gasteiger partial charge in [0.25, 0.3) is 0 Å². The second-order valence-corrected chi connectivity index (χ2v) is 4.84. The first-order chi connectivity index (χ1) is 10.1. The first-order valence-corrected chi connectivity index (χ1v) is 6.97. The van der Waals surface area contributed by atoms with E-state index in [0.29, 0.717) is 17.9 Å². The SMILES string of the molecule is CCCCOc1ccc(C(O)c2ccc(F)cc2F)cc1. The summed E-state index contributed by atoms with van der Waals surface area (Å²) < 4.78 is 32.0. The Hall–Kier alpha value is -1.94. The van der Waals surface area contributed by atoms with Crippen LogP contribution in [0.4, 0.5) is 8.78 Å². The van der Waals surface area contributed by atoms with Crippen molar-refractivity contribution in [3.63, 3.8) is 0 Å². The third-order valence-electron chi connectivity index (χ3n) is 3.22. The lowest BCUT2D eigenvalue weighted by atomic mass is 10.0. The van der Waals surface area contributed by atoms with Crippen molar-refractivity contribution in [1.82, 2.24) is 0 Å². The molecule has 0 bridgehead atoms. The molecule has 1 unspecified atom stereocenters. The van der Waals surface area contributed by atoms with Crippen molar-refractivity contribution in [3.05, 3.63) is 65.2 Å². The van der Waals surface area contributed by atoms with E-state index in [1.54, 1.807) is 24.3 Å². The van der Waals surface area contributed by atoms with Crippen molar-refractivity contribution in [2.75, 3.05) is 6.61 Å². The minimum absolute atomic E-state index is 0.0519. The second kappa shape index (κ2) is 7.18. The van der Waals surface area contributed by atoms with Gasteiger partial charge in [0.15, 0.2) is 0 Å². The van der Waals surface area contributed by atoms with E-state index in [9.17, 15) is 13.9 Å². The maximum Gasteiger partial charge on any atom is 0.132 e. The topological polar surface area (TPSA) is 29.5 Å². The fourth-order valence-electron chi connectivity index (χ4n) is 1.98. The lowest BCUT2D eigenvalue weighted by molar-refractivity contribution is 0.214. The maximum atomic E-state index is 13.6. The summed E-state index contributed by atoms with van der Waals surface area (Å²) in [6.07, 6.45) is 0.904. The van der Waals surface area contributed by atoms with E-state index >= 15 is 0 Å². The van der Waals surface area contributed by atoms with Gasteiger partial charge in [0, 0.05) is 11.6 Å². The van der Waals surface area contributed by atoms with Crippen LogP contribution in [0.2, 0.25) is 0 Å². The van der Waals surface area contributed by atoms with E-state index in [1.165, 1.54) is 6.07 Å². The van der Waals surface area contributed by atoms with E-state index in [4.69, 9.17) is 4.74 Å². The summed E-state index contributed by atoms with van der Waals surface area (Å²) >= 11 is 0. The molecule has 0 heterocycles. The van der Waals surface area contributed by atoms with Crippen molar-refractivity contribution in [3.8, 4) is 5.75 Å². The molecule has 0 saturated heterocycles. The molecule has 112 valence electrons. The molecule has 0 fully saturated rings. The molecule has 0 aliphatic rings. The number of aliphatic hydroxyl groups excluding tert-OH is 1. The summed E-state index contributed by atoms with van der Waals surface area (Å²) in [7, 11) is 0. The molecule has 0 aromatic heterocycles. The van der Waals surface area contributed by atoms with Crippen molar-refractivity contribution >= 4 is 0 Å². The Labute approximate surface area is 123 Å². The molecule has 0 saturated carbocycles. The molecule has 0 amide bonds. The third-order valence-corrected chi connectivity index (χ3v) is 3.22. The smallest absolute Gasteiger partial charge is 0.132 e. The number of unbranched alkanes of at least 4 members (excludes halogenated alkanes) is 1. The van der Waals surface area contributed by atoms with Crippen molar-refractivity contribution < 1.29 is 18.6 Å². The largest absolute Gasteiger partial charge is 0.494 e. The highest BCUT2D eigenvalue weighted by Gasteiger charge is 2.15. The Morgan fingerprint density at radius 3 is 2.43 bits per heavy atom.